The molecule has 100 valence electrons. The summed E-state index contributed by atoms with van der Waals surface area (Å²) >= 11 is 0. The number of pyridine rings is 1. The fourth-order valence-electron chi connectivity index (χ4n) is 2.03. The lowest BCUT2D eigenvalue weighted by molar-refractivity contribution is 0.385. The van der Waals surface area contributed by atoms with Gasteiger partial charge in [0.05, 0.1) is 6.42 Å². The molecule has 0 radical (unpaired) electrons. The van der Waals surface area contributed by atoms with E-state index in [0.717, 1.165) is 16.7 Å². The molecular weight excluding hydrogens is 252 g/mol. The van der Waals surface area contributed by atoms with Gasteiger partial charge in [-0.05, 0) is 23.3 Å². The molecule has 5 heteroatoms. The van der Waals surface area contributed by atoms with E-state index in [1.54, 1.807) is 12.4 Å². The van der Waals surface area contributed by atoms with E-state index >= 15 is 0 Å². The maximum absolute atomic E-state index is 5.73. The van der Waals surface area contributed by atoms with Gasteiger partial charge in [0.15, 0.2) is 0 Å². The summed E-state index contributed by atoms with van der Waals surface area (Å²) < 4.78 is 5.29. The maximum atomic E-state index is 5.73. The van der Waals surface area contributed by atoms with Gasteiger partial charge >= 0.3 is 0 Å². The molecule has 5 nitrogen and oxygen atoms in total. The first kappa shape index (κ1) is 12.5. The van der Waals surface area contributed by atoms with Crippen molar-refractivity contribution in [2.45, 2.75) is 13.0 Å². The minimum Gasteiger partial charge on any atom is -0.339 e. The average molecular weight is 266 g/mol. The van der Waals surface area contributed by atoms with Crippen molar-refractivity contribution in [3.8, 4) is 11.4 Å². The Morgan fingerprint density at radius 3 is 2.65 bits per heavy atom. The molecule has 0 saturated carbocycles. The molecule has 2 N–H and O–H groups in total. The Labute approximate surface area is 116 Å². The number of nitrogens with zero attached hydrogens (tertiary/aromatic N) is 3. The van der Waals surface area contributed by atoms with Crippen LogP contribution in [0.3, 0.4) is 0 Å². The highest BCUT2D eigenvalue weighted by Crippen LogP contribution is 2.17. The second-order valence-corrected chi connectivity index (χ2v) is 4.40. The standard InChI is InChI=1S/C15H14N4O/c16-9-12-5-2-1-4-11(12)8-14-18-15(19-20-14)13-6-3-7-17-10-13/h1-7,10H,8-9,16H2. The van der Waals surface area contributed by atoms with E-state index in [1.165, 1.54) is 0 Å². The van der Waals surface area contributed by atoms with Crippen LogP contribution in [0.4, 0.5) is 0 Å². The van der Waals surface area contributed by atoms with Crippen LogP contribution in [0.2, 0.25) is 0 Å². The predicted octanol–water partition coefficient (Wildman–Crippen LogP) is 2.18. The summed E-state index contributed by atoms with van der Waals surface area (Å²) in [4.78, 5) is 8.44. The second-order valence-electron chi connectivity index (χ2n) is 4.40. The van der Waals surface area contributed by atoms with Crippen molar-refractivity contribution in [3.63, 3.8) is 0 Å². The molecule has 0 unspecified atom stereocenters. The summed E-state index contributed by atoms with van der Waals surface area (Å²) in [6.45, 7) is 0.500. The fraction of sp³-hybridized carbons (Fsp3) is 0.133. The van der Waals surface area contributed by atoms with Crippen molar-refractivity contribution in [1.82, 2.24) is 15.1 Å². The number of nitrogens with two attached hydrogens (primary N) is 1. The Kier molecular flexibility index (Phi) is 3.52. The number of rotatable bonds is 4. The molecule has 2 aromatic heterocycles. The molecule has 1 aromatic carbocycles. The van der Waals surface area contributed by atoms with E-state index in [1.807, 2.05) is 36.4 Å². The average Bonchev–Trinajstić information content (AvgIpc) is 2.97. The topological polar surface area (TPSA) is 77.8 Å². The lowest BCUT2D eigenvalue weighted by Crippen LogP contribution is -2.02. The lowest BCUT2D eigenvalue weighted by atomic mass is 10.0. The first-order valence-electron chi connectivity index (χ1n) is 6.36. The van der Waals surface area contributed by atoms with Gasteiger partial charge in [-0.15, -0.1) is 0 Å². The summed E-state index contributed by atoms with van der Waals surface area (Å²) in [7, 11) is 0. The monoisotopic (exact) mass is 266 g/mol. The Hall–Kier alpha value is -2.53. The summed E-state index contributed by atoms with van der Waals surface area (Å²) in [5.74, 6) is 1.13. The van der Waals surface area contributed by atoms with Gasteiger partial charge in [-0.2, -0.15) is 4.98 Å². The van der Waals surface area contributed by atoms with Crippen molar-refractivity contribution in [2.24, 2.45) is 5.73 Å². The van der Waals surface area contributed by atoms with Crippen molar-refractivity contribution in [1.29, 1.82) is 0 Å². The molecule has 0 atom stereocenters. The molecule has 0 aliphatic carbocycles. The third-order valence-electron chi connectivity index (χ3n) is 3.07. The largest absolute Gasteiger partial charge is 0.339 e. The van der Waals surface area contributed by atoms with Crippen LogP contribution < -0.4 is 5.73 Å². The zero-order chi connectivity index (χ0) is 13.8. The highest BCUT2D eigenvalue weighted by Gasteiger charge is 2.10. The Balaban J connectivity index is 1.84. The van der Waals surface area contributed by atoms with Crippen LogP contribution >= 0.6 is 0 Å². The van der Waals surface area contributed by atoms with E-state index < -0.39 is 0 Å². The third kappa shape index (κ3) is 2.57. The van der Waals surface area contributed by atoms with Gasteiger partial charge in [-0.1, -0.05) is 29.4 Å². The number of hydrogen-bond acceptors (Lipinski definition) is 5. The minimum atomic E-state index is 0.500. The van der Waals surface area contributed by atoms with E-state index in [9.17, 15) is 0 Å². The number of benzene rings is 1. The zero-order valence-corrected chi connectivity index (χ0v) is 10.9. The van der Waals surface area contributed by atoms with Crippen molar-refractivity contribution < 1.29 is 4.52 Å². The van der Waals surface area contributed by atoms with E-state index in [-0.39, 0.29) is 0 Å². The zero-order valence-electron chi connectivity index (χ0n) is 10.9. The van der Waals surface area contributed by atoms with Crippen molar-refractivity contribution in [3.05, 3.63) is 65.8 Å². The van der Waals surface area contributed by atoms with Crippen molar-refractivity contribution >= 4 is 0 Å². The maximum Gasteiger partial charge on any atom is 0.231 e. The summed E-state index contributed by atoms with van der Waals surface area (Å²) in [6, 6.07) is 11.7. The van der Waals surface area contributed by atoms with Gasteiger partial charge in [-0.3, -0.25) is 4.98 Å². The summed E-state index contributed by atoms with van der Waals surface area (Å²) in [5.41, 5.74) is 8.77. The van der Waals surface area contributed by atoms with Gasteiger partial charge in [0.1, 0.15) is 0 Å². The van der Waals surface area contributed by atoms with Crippen LogP contribution in [-0.2, 0) is 13.0 Å². The Morgan fingerprint density at radius 1 is 1.05 bits per heavy atom. The molecule has 0 amide bonds. The molecule has 3 rings (SSSR count). The van der Waals surface area contributed by atoms with Gasteiger partial charge in [0, 0.05) is 24.5 Å². The van der Waals surface area contributed by atoms with E-state index in [4.69, 9.17) is 10.3 Å². The van der Waals surface area contributed by atoms with E-state index in [0.29, 0.717) is 24.7 Å². The molecule has 20 heavy (non-hydrogen) atoms. The van der Waals surface area contributed by atoms with Crippen LogP contribution in [0.5, 0.6) is 0 Å². The van der Waals surface area contributed by atoms with E-state index in [2.05, 4.69) is 15.1 Å². The van der Waals surface area contributed by atoms with Gasteiger partial charge < -0.3 is 10.3 Å². The molecule has 0 aliphatic rings. The molecule has 0 spiro atoms. The molecule has 2 heterocycles. The summed E-state index contributed by atoms with van der Waals surface area (Å²) in [5, 5.41) is 3.98. The molecule has 0 bridgehead atoms. The molecule has 3 aromatic rings. The predicted molar refractivity (Wildman–Crippen MR) is 74.7 cm³/mol. The molecule has 0 fully saturated rings. The molecule has 0 saturated heterocycles. The van der Waals surface area contributed by atoms with Crippen LogP contribution in [0.1, 0.15) is 17.0 Å². The SMILES string of the molecule is NCc1ccccc1Cc1nc(-c2cccnc2)no1. The van der Waals surface area contributed by atoms with Crippen molar-refractivity contribution in [2.75, 3.05) is 0 Å². The normalized spacial score (nSPS) is 10.7. The summed E-state index contributed by atoms with van der Waals surface area (Å²) in [6.07, 6.45) is 4.01. The fourth-order valence-corrected chi connectivity index (χ4v) is 2.03. The lowest BCUT2D eigenvalue weighted by Gasteiger charge is -2.03. The quantitative estimate of drug-likeness (QED) is 0.783. The highest BCUT2D eigenvalue weighted by atomic mass is 16.5. The second kappa shape index (κ2) is 5.63. The Morgan fingerprint density at radius 2 is 1.90 bits per heavy atom. The molecular formula is C15H14N4O. The van der Waals surface area contributed by atoms with Gasteiger partial charge in [-0.25, -0.2) is 0 Å². The Bertz CT molecular complexity index is 694. The number of aromatic nitrogens is 3. The molecule has 0 aliphatic heterocycles. The van der Waals surface area contributed by atoms with Gasteiger partial charge in [0.2, 0.25) is 11.7 Å². The van der Waals surface area contributed by atoms with Crippen LogP contribution in [-0.4, -0.2) is 15.1 Å². The highest BCUT2D eigenvalue weighted by molar-refractivity contribution is 5.51. The first-order chi connectivity index (χ1) is 9.86. The van der Waals surface area contributed by atoms with Crippen LogP contribution in [0.25, 0.3) is 11.4 Å². The smallest absolute Gasteiger partial charge is 0.231 e. The first-order valence-corrected chi connectivity index (χ1v) is 6.36. The van der Waals surface area contributed by atoms with Gasteiger partial charge in [0.25, 0.3) is 0 Å². The van der Waals surface area contributed by atoms with Crippen LogP contribution in [0, 0.1) is 0 Å². The number of hydrogen-bond donors (Lipinski definition) is 1. The third-order valence-corrected chi connectivity index (χ3v) is 3.07. The minimum absolute atomic E-state index is 0.500. The van der Waals surface area contributed by atoms with Crippen LogP contribution in [0.15, 0.2) is 53.3 Å².